The summed E-state index contributed by atoms with van der Waals surface area (Å²) in [7, 11) is -4.24. The molecule has 0 aliphatic rings. The molecule has 1 N–H and O–H groups in total. The molecule has 2 amide bonds. The minimum atomic E-state index is -4.24. The molecule has 0 aliphatic carbocycles. The fourth-order valence-electron chi connectivity index (χ4n) is 5.05. The van der Waals surface area contributed by atoms with Crippen LogP contribution >= 0.6 is 34.8 Å². The van der Waals surface area contributed by atoms with E-state index in [-0.39, 0.29) is 29.5 Å². The van der Waals surface area contributed by atoms with Crippen LogP contribution in [-0.4, -0.2) is 44.3 Å². The normalized spacial score (nSPS) is 11.9. The summed E-state index contributed by atoms with van der Waals surface area (Å²) < 4.78 is 29.4. The van der Waals surface area contributed by atoms with Crippen molar-refractivity contribution in [2.75, 3.05) is 17.4 Å². The Morgan fingerprint density at radius 1 is 0.848 bits per heavy atom. The van der Waals surface area contributed by atoms with E-state index in [0.29, 0.717) is 32.7 Å². The Hall–Kier alpha value is -3.56. The second-order valence-corrected chi connectivity index (χ2v) is 13.9. The topological polar surface area (TPSA) is 86.8 Å². The molecule has 4 rings (SSSR count). The van der Waals surface area contributed by atoms with E-state index in [9.17, 15) is 18.0 Å². The van der Waals surface area contributed by atoms with Gasteiger partial charge in [0.2, 0.25) is 11.8 Å². The monoisotopic (exact) mass is 699 g/mol. The third kappa shape index (κ3) is 8.82. The van der Waals surface area contributed by atoms with Crippen LogP contribution < -0.4 is 9.62 Å². The molecule has 7 nitrogen and oxygen atoms in total. The van der Waals surface area contributed by atoms with Crippen LogP contribution in [0, 0.1) is 6.92 Å². The molecule has 0 saturated heterocycles. The van der Waals surface area contributed by atoms with Gasteiger partial charge in [-0.3, -0.25) is 13.9 Å². The molecule has 4 aromatic rings. The molecule has 46 heavy (non-hydrogen) atoms. The first kappa shape index (κ1) is 35.3. The molecule has 4 aromatic carbocycles. The average Bonchev–Trinajstić information content (AvgIpc) is 3.04. The van der Waals surface area contributed by atoms with Crippen molar-refractivity contribution in [3.05, 3.63) is 129 Å². The van der Waals surface area contributed by atoms with Crippen molar-refractivity contribution in [2.45, 2.75) is 50.6 Å². The number of carbonyl (C=O) groups is 2. The van der Waals surface area contributed by atoms with E-state index >= 15 is 0 Å². The Morgan fingerprint density at radius 3 is 2.09 bits per heavy atom. The molecule has 1 atom stereocenters. The molecule has 0 aromatic heterocycles. The van der Waals surface area contributed by atoms with Crippen molar-refractivity contribution in [3.8, 4) is 0 Å². The Morgan fingerprint density at radius 2 is 1.48 bits per heavy atom. The molecule has 242 valence electrons. The standard InChI is InChI=1S/C35H36Cl3N3O4S/c1-3-4-20-39-35(43)33(22-26-12-7-5-8-13-26)40(23-29-30(37)16-11-17-31(29)38)34(42)24-41(32-19-18-27(36)21-25(32)2)46(44,45)28-14-9-6-10-15-28/h5-19,21,33H,3-4,20,22-24H2,1-2H3,(H,39,43). The molecule has 0 bridgehead atoms. The molecule has 0 aliphatic heterocycles. The first-order chi connectivity index (χ1) is 22.0. The number of sulfonamides is 1. The Balaban J connectivity index is 1.84. The van der Waals surface area contributed by atoms with E-state index in [2.05, 4.69) is 5.32 Å². The van der Waals surface area contributed by atoms with E-state index in [1.165, 1.54) is 17.0 Å². The van der Waals surface area contributed by atoms with Crippen molar-refractivity contribution in [3.63, 3.8) is 0 Å². The van der Waals surface area contributed by atoms with Crippen molar-refractivity contribution in [1.82, 2.24) is 10.2 Å². The number of hydrogen-bond acceptors (Lipinski definition) is 4. The Kier molecular flexibility index (Phi) is 12.5. The molecule has 0 saturated carbocycles. The highest BCUT2D eigenvalue weighted by molar-refractivity contribution is 7.92. The SMILES string of the molecule is CCCCNC(=O)C(Cc1ccccc1)N(Cc1c(Cl)cccc1Cl)C(=O)CN(c1ccc(Cl)cc1C)S(=O)(=O)c1ccccc1. The highest BCUT2D eigenvalue weighted by Crippen LogP contribution is 2.31. The molecule has 1 unspecified atom stereocenters. The number of hydrogen-bond donors (Lipinski definition) is 1. The number of aryl methyl sites for hydroxylation is 1. The molecule has 0 fully saturated rings. The first-order valence-electron chi connectivity index (χ1n) is 14.9. The number of anilines is 1. The summed E-state index contributed by atoms with van der Waals surface area (Å²) in [5.41, 5.74) is 2.10. The maximum atomic E-state index is 14.6. The zero-order valence-electron chi connectivity index (χ0n) is 25.6. The van der Waals surface area contributed by atoms with Crippen LogP contribution in [0.15, 0.2) is 102 Å². The van der Waals surface area contributed by atoms with Gasteiger partial charge in [0, 0.05) is 40.1 Å². The van der Waals surface area contributed by atoms with Gasteiger partial charge in [-0.2, -0.15) is 0 Å². The molecule has 11 heteroatoms. The Labute approximate surface area is 286 Å². The highest BCUT2D eigenvalue weighted by Gasteiger charge is 2.35. The fourth-order valence-corrected chi connectivity index (χ4v) is 7.29. The predicted molar refractivity (Wildman–Crippen MR) is 186 cm³/mol. The van der Waals surface area contributed by atoms with Gasteiger partial charge >= 0.3 is 0 Å². The number of nitrogens with zero attached hydrogens (tertiary/aromatic N) is 2. The third-order valence-corrected chi connectivity index (χ3v) is 10.2. The van der Waals surface area contributed by atoms with E-state index in [1.807, 2.05) is 37.3 Å². The van der Waals surface area contributed by atoms with Crippen molar-refractivity contribution in [1.29, 1.82) is 0 Å². The van der Waals surface area contributed by atoms with Crippen LogP contribution in [0.25, 0.3) is 0 Å². The molecular formula is C35H36Cl3N3O4S. The summed E-state index contributed by atoms with van der Waals surface area (Å²) in [6.45, 7) is 3.43. The van der Waals surface area contributed by atoms with Crippen LogP contribution in [0.1, 0.15) is 36.5 Å². The number of halogens is 3. The van der Waals surface area contributed by atoms with Gasteiger partial charge in [0.05, 0.1) is 10.6 Å². The van der Waals surface area contributed by atoms with Crippen LogP contribution in [0.3, 0.4) is 0 Å². The van der Waals surface area contributed by atoms with Gasteiger partial charge in [-0.05, 0) is 66.9 Å². The maximum absolute atomic E-state index is 14.6. The van der Waals surface area contributed by atoms with Crippen LogP contribution in [0.5, 0.6) is 0 Å². The largest absolute Gasteiger partial charge is 0.354 e. The van der Waals surface area contributed by atoms with Gasteiger partial charge in [-0.15, -0.1) is 0 Å². The van der Waals surface area contributed by atoms with Crippen LogP contribution in [0.4, 0.5) is 5.69 Å². The third-order valence-electron chi connectivity index (χ3n) is 7.53. The van der Waals surface area contributed by atoms with Crippen LogP contribution in [-0.2, 0) is 32.6 Å². The quantitative estimate of drug-likeness (QED) is 0.137. The summed E-state index contributed by atoms with van der Waals surface area (Å²) >= 11 is 19.4. The lowest BCUT2D eigenvalue weighted by Gasteiger charge is -2.34. The zero-order chi connectivity index (χ0) is 33.3. The number of benzene rings is 4. The summed E-state index contributed by atoms with van der Waals surface area (Å²) in [5.74, 6) is -0.981. The lowest BCUT2D eigenvalue weighted by atomic mass is 10.0. The lowest BCUT2D eigenvalue weighted by Crippen LogP contribution is -2.53. The fraction of sp³-hybridized carbons (Fsp3) is 0.257. The van der Waals surface area contributed by atoms with E-state index in [0.717, 1.165) is 22.7 Å². The second kappa shape index (κ2) is 16.3. The summed E-state index contributed by atoms with van der Waals surface area (Å²) in [5, 5.41) is 4.02. The highest BCUT2D eigenvalue weighted by atomic mass is 35.5. The Bertz CT molecular complexity index is 1740. The number of rotatable bonds is 14. The summed E-state index contributed by atoms with van der Waals surface area (Å²) in [6, 6.07) is 26.0. The van der Waals surface area contributed by atoms with E-state index in [4.69, 9.17) is 34.8 Å². The molecule has 0 heterocycles. The second-order valence-electron chi connectivity index (χ2n) is 10.8. The smallest absolute Gasteiger partial charge is 0.264 e. The predicted octanol–water partition coefficient (Wildman–Crippen LogP) is 7.71. The average molecular weight is 701 g/mol. The minimum absolute atomic E-state index is 0.0102. The maximum Gasteiger partial charge on any atom is 0.264 e. The zero-order valence-corrected chi connectivity index (χ0v) is 28.7. The lowest BCUT2D eigenvalue weighted by molar-refractivity contribution is -0.140. The number of amides is 2. The van der Waals surface area contributed by atoms with E-state index in [1.54, 1.807) is 61.5 Å². The van der Waals surface area contributed by atoms with Gasteiger partial charge in [0.25, 0.3) is 10.0 Å². The van der Waals surface area contributed by atoms with Gasteiger partial charge in [0.1, 0.15) is 12.6 Å². The minimum Gasteiger partial charge on any atom is -0.354 e. The molecular weight excluding hydrogens is 665 g/mol. The van der Waals surface area contributed by atoms with Crippen molar-refractivity contribution >= 4 is 62.3 Å². The summed E-state index contributed by atoms with van der Waals surface area (Å²) in [6.07, 6.45) is 1.80. The van der Waals surface area contributed by atoms with Crippen molar-refractivity contribution < 1.29 is 18.0 Å². The van der Waals surface area contributed by atoms with Gasteiger partial charge in [-0.1, -0.05) is 103 Å². The first-order valence-corrected chi connectivity index (χ1v) is 17.5. The molecule has 0 radical (unpaired) electrons. The van der Waals surface area contributed by atoms with Crippen LogP contribution in [0.2, 0.25) is 15.1 Å². The van der Waals surface area contributed by atoms with E-state index < -0.39 is 28.5 Å². The van der Waals surface area contributed by atoms with Gasteiger partial charge < -0.3 is 10.2 Å². The van der Waals surface area contributed by atoms with Crippen molar-refractivity contribution in [2.24, 2.45) is 0 Å². The number of unbranched alkanes of at least 4 members (excludes halogenated alkanes) is 1. The van der Waals surface area contributed by atoms with Gasteiger partial charge in [0.15, 0.2) is 0 Å². The number of nitrogens with one attached hydrogen (secondary N) is 1. The summed E-state index contributed by atoms with van der Waals surface area (Å²) in [4.78, 5) is 29.9. The number of carbonyl (C=O) groups excluding carboxylic acids is 2. The van der Waals surface area contributed by atoms with Gasteiger partial charge in [-0.25, -0.2) is 8.42 Å². The molecule has 0 spiro atoms.